The molecule has 2 fully saturated rings. The third kappa shape index (κ3) is 4.96. The SMILES string of the molecule is NC(=O)c1cccc2cn(-c3ccc(N4CCN(Cc5cc(F)c6c(c5)CN(C5CCC(=O)NC5=O)C6=O)CC4)cc3)nc12. The van der Waals surface area contributed by atoms with E-state index in [2.05, 4.69) is 20.2 Å². The zero-order valence-corrected chi connectivity index (χ0v) is 23.8. The second-order valence-electron chi connectivity index (χ2n) is 11.5. The number of carbonyl (C=O) groups excluding carboxylic acids is 4. The summed E-state index contributed by atoms with van der Waals surface area (Å²) in [6.07, 6.45) is 2.27. The number of nitrogens with two attached hydrogens (primary N) is 1. The van der Waals surface area contributed by atoms with Gasteiger partial charge in [-0.15, -0.1) is 0 Å². The van der Waals surface area contributed by atoms with Crippen molar-refractivity contribution in [2.24, 2.45) is 5.73 Å². The van der Waals surface area contributed by atoms with E-state index in [0.717, 1.165) is 48.5 Å². The third-order valence-corrected chi connectivity index (χ3v) is 8.69. The van der Waals surface area contributed by atoms with Gasteiger partial charge in [-0.1, -0.05) is 18.2 Å². The Morgan fingerprint density at radius 2 is 1.75 bits per heavy atom. The lowest BCUT2D eigenvalue weighted by Crippen LogP contribution is -2.52. The van der Waals surface area contributed by atoms with Crippen LogP contribution in [0.3, 0.4) is 0 Å². The predicted octanol–water partition coefficient (Wildman–Crippen LogP) is 2.35. The lowest BCUT2D eigenvalue weighted by molar-refractivity contribution is -0.136. The van der Waals surface area contributed by atoms with Crippen molar-refractivity contribution in [3.63, 3.8) is 0 Å². The smallest absolute Gasteiger partial charge is 0.258 e. The fourth-order valence-electron chi connectivity index (χ4n) is 6.43. The van der Waals surface area contributed by atoms with E-state index in [-0.39, 0.29) is 30.9 Å². The number of nitrogens with zero attached hydrogens (tertiary/aromatic N) is 5. The van der Waals surface area contributed by atoms with Gasteiger partial charge >= 0.3 is 0 Å². The molecule has 0 aliphatic carbocycles. The molecule has 11 nitrogen and oxygen atoms in total. The van der Waals surface area contributed by atoms with Gasteiger partial charge in [-0.25, -0.2) is 9.07 Å². The van der Waals surface area contributed by atoms with Crippen molar-refractivity contribution in [1.29, 1.82) is 0 Å². The van der Waals surface area contributed by atoms with Gasteiger partial charge in [0.25, 0.3) is 11.8 Å². The minimum atomic E-state index is -0.772. The highest BCUT2D eigenvalue weighted by molar-refractivity contribution is 6.06. The Kier molecular flexibility index (Phi) is 6.85. The van der Waals surface area contributed by atoms with Gasteiger partial charge in [-0.3, -0.25) is 29.4 Å². The van der Waals surface area contributed by atoms with Crippen LogP contribution in [0, 0.1) is 5.82 Å². The second-order valence-corrected chi connectivity index (χ2v) is 11.5. The summed E-state index contributed by atoms with van der Waals surface area (Å²) >= 11 is 0. The summed E-state index contributed by atoms with van der Waals surface area (Å²) in [5.41, 5.74) is 9.79. The maximum absolute atomic E-state index is 15.2. The Labute approximate surface area is 252 Å². The predicted molar refractivity (Wildman–Crippen MR) is 160 cm³/mol. The number of benzene rings is 3. The third-order valence-electron chi connectivity index (χ3n) is 8.69. The second kappa shape index (κ2) is 10.9. The number of fused-ring (bicyclic) bond motifs is 2. The molecule has 4 aromatic rings. The van der Waals surface area contributed by atoms with Crippen LogP contribution in [0.4, 0.5) is 10.1 Å². The molecule has 0 saturated carbocycles. The van der Waals surface area contributed by atoms with E-state index in [0.29, 0.717) is 23.2 Å². The fraction of sp³-hybridized carbons (Fsp3) is 0.281. The topological polar surface area (TPSA) is 134 Å². The van der Waals surface area contributed by atoms with Crippen LogP contribution < -0.4 is 16.0 Å². The Morgan fingerprint density at radius 1 is 1.00 bits per heavy atom. The van der Waals surface area contributed by atoms with E-state index >= 15 is 4.39 Å². The lowest BCUT2D eigenvalue weighted by Gasteiger charge is -2.36. The number of hydrogen-bond donors (Lipinski definition) is 2. The van der Waals surface area contributed by atoms with Crippen molar-refractivity contribution in [3.8, 4) is 5.69 Å². The average molecular weight is 596 g/mol. The maximum Gasteiger partial charge on any atom is 0.258 e. The number of piperazine rings is 1. The van der Waals surface area contributed by atoms with Gasteiger partial charge in [-0.2, -0.15) is 5.10 Å². The monoisotopic (exact) mass is 595 g/mol. The Balaban J connectivity index is 0.984. The molecular weight excluding hydrogens is 565 g/mol. The molecule has 4 heterocycles. The summed E-state index contributed by atoms with van der Waals surface area (Å²) in [5.74, 6) is -2.46. The van der Waals surface area contributed by atoms with Gasteiger partial charge in [0.15, 0.2) is 0 Å². The van der Waals surface area contributed by atoms with Crippen molar-refractivity contribution < 1.29 is 23.6 Å². The number of piperidine rings is 1. The first-order valence-electron chi connectivity index (χ1n) is 14.6. The lowest BCUT2D eigenvalue weighted by atomic mass is 10.0. The molecule has 224 valence electrons. The van der Waals surface area contributed by atoms with E-state index in [1.165, 1.54) is 11.0 Å². The van der Waals surface area contributed by atoms with Crippen molar-refractivity contribution in [3.05, 3.63) is 88.9 Å². The van der Waals surface area contributed by atoms with E-state index in [1.807, 2.05) is 42.6 Å². The number of primary amides is 1. The molecule has 0 spiro atoms. The molecule has 3 aliphatic heterocycles. The largest absolute Gasteiger partial charge is 0.369 e. The zero-order chi connectivity index (χ0) is 30.5. The van der Waals surface area contributed by atoms with Gasteiger partial charge in [-0.05, 0) is 53.9 Å². The van der Waals surface area contributed by atoms with Gasteiger partial charge in [0.05, 0.1) is 16.8 Å². The van der Waals surface area contributed by atoms with Gasteiger partial charge in [0.2, 0.25) is 11.8 Å². The highest BCUT2D eigenvalue weighted by atomic mass is 19.1. The number of amides is 4. The van der Waals surface area contributed by atoms with Crippen LogP contribution in [0.2, 0.25) is 0 Å². The quantitative estimate of drug-likeness (QED) is 0.327. The number of anilines is 1. The first-order valence-corrected chi connectivity index (χ1v) is 14.6. The molecule has 0 bridgehead atoms. The van der Waals surface area contributed by atoms with Crippen LogP contribution in [0.15, 0.2) is 60.8 Å². The number of imide groups is 1. The molecule has 44 heavy (non-hydrogen) atoms. The highest BCUT2D eigenvalue weighted by Crippen LogP contribution is 2.31. The average Bonchev–Trinajstić information content (AvgIpc) is 3.59. The van der Waals surface area contributed by atoms with E-state index in [9.17, 15) is 19.2 Å². The number of rotatable bonds is 6. The van der Waals surface area contributed by atoms with Gasteiger partial charge in [0.1, 0.15) is 17.4 Å². The molecule has 0 radical (unpaired) electrons. The maximum atomic E-state index is 15.2. The van der Waals surface area contributed by atoms with Crippen molar-refractivity contribution in [1.82, 2.24) is 24.9 Å². The molecule has 3 N–H and O–H groups in total. The van der Waals surface area contributed by atoms with E-state index in [4.69, 9.17) is 5.73 Å². The van der Waals surface area contributed by atoms with Crippen LogP contribution in [0.25, 0.3) is 16.6 Å². The summed E-state index contributed by atoms with van der Waals surface area (Å²) in [7, 11) is 0. The summed E-state index contributed by atoms with van der Waals surface area (Å²) in [6, 6.07) is 15.9. The highest BCUT2D eigenvalue weighted by Gasteiger charge is 2.40. The molecule has 3 aliphatic rings. The van der Waals surface area contributed by atoms with Crippen molar-refractivity contribution >= 4 is 40.2 Å². The molecule has 1 unspecified atom stereocenters. The minimum Gasteiger partial charge on any atom is -0.369 e. The van der Waals surface area contributed by atoms with Gasteiger partial charge < -0.3 is 15.5 Å². The molecular formula is C32H30FN7O4. The van der Waals surface area contributed by atoms with Crippen molar-refractivity contribution in [2.75, 3.05) is 31.1 Å². The molecule has 12 heteroatoms. The Bertz CT molecular complexity index is 1830. The molecule has 1 aromatic heterocycles. The van der Waals surface area contributed by atoms with Gasteiger partial charge in [0, 0.05) is 63.0 Å². The number of hydrogen-bond acceptors (Lipinski definition) is 7. The molecule has 3 aromatic carbocycles. The molecule has 7 rings (SSSR count). The normalized spacial score (nSPS) is 19.0. The first kappa shape index (κ1) is 27.7. The van der Waals surface area contributed by atoms with Crippen LogP contribution in [0.5, 0.6) is 0 Å². The van der Waals surface area contributed by atoms with Crippen LogP contribution >= 0.6 is 0 Å². The zero-order valence-electron chi connectivity index (χ0n) is 23.8. The standard InChI is InChI=1S/C32H30FN7O4/c33-25-15-19(14-21-17-39(32(44)28(21)25)26-8-9-27(41)35-31(26)43)16-37-10-12-38(13-11-37)22-4-6-23(7-5-22)40-18-20-2-1-3-24(30(34)42)29(20)36-40/h1-7,14-15,18,26H,8-13,16-17H2,(H2,34,42)(H,35,41,43). The van der Waals surface area contributed by atoms with Crippen LogP contribution in [-0.4, -0.2) is 75.4 Å². The molecule has 1 atom stereocenters. The first-order chi connectivity index (χ1) is 21.2. The Hall–Kier alpha value is -5.10. The summed E-state index contributed by atoms with van der Waals surface area (Å²) in [4.78, 5) is 54.5. The molecule has 2 saturated heterocycles. The summed E-state index contributed by atoms with van der Waals surface area (Å²) in [5, 5.41) is 7.69. The number of halogens is 1. The summed E-state index contributed by atoms with van der Waals surface area (Å²) in [6.45, 7) is 3.84. The number of carbonyl (C=O) groups is 4. The number of aromatic nitrogens is 2. The van der Waals surface area contributed by atoms with Crippen molar-refractivity contribution in [2.45, 2.75) is 32.0 Å². The molecule has 4 amide bonds. The van der Waals surface area contributed by atoms with E-state index < -0.39 is 29.6 Å². The Morgan fingerprint density at radius 3 is 2.48 bits per heavy atom. The number of nitrogens with one attached hydrogen (secondary N) is 1. The summed E-state index contributed by atoms with van der Waals surface area (Å²) < 4.78 is 16.9. The van der Waals surface area contributed by atoms with Crippen LogP contribution in [-0.2, 0) is 22.7 Å². The van der Waals surface area contributed by atoms with Crippen LogP contribution in [0.1, 0.15) is 44.7 Å². The minimum absolute atomic E-state index is 0.0169. The van der Waals surface area contributed by atoms with E-state index in [1.54, 1.807) is 16.8 Å². The fourth-order valence-corrected chi connectivity index (χ4v) is 6.43.